The lowest BCUT2D eigenvalue weighted by molar-refractivity contribution is 0.0689. The molecule has 0 spiro atoms. The molecule has 0 atom stereocenters. The second-order valence-corrected chi connectivity index (χ2v) is 4.81. The lowest BCUT2D eigenvalue weighted by atomic mass is 10.1. The van der Waals surface area contributed by atoms with Crippen molar-refractivity contribution in [2.24, 2.45) is 7.05 Å². The molecule has 6 heteroatoms. The predicted molar refractivity (Wildman–Crippen MR) is 74.9 cm³/mol. The van der Waals surface area contributed by atoms with Crippen LogP contribution in [0.2, 0.25) is 5.02 Å². The number of nitrogens with zero attached hydrogens (tertiary/aromatic N) is 3. The molecule has 0 bridgehead atoms. The largest absolute Gasteiger partial charge is 0.476 e. The molecule has 0 aliphatic carbocycles. The van der Waals surface area contributed by atoms with Crippen LogP contribution in [-0.2, 0) is 7.05 Å². The van der Waals surface area contributed by atoms with Gasteiger partial charge >= 0.3 is 5.97 Å². The van der Waals surface area contributed by atoms with Crippen molar-refractivity contribution in [1.29, 1.82) is 0 Å². The van der Waals surface area contributed by atoms with Crippen molar-refractivity contribution in [3.63, 3.8) is 0 Å². The maximum Gasteiger partial charge on any atom is 0.356 e. The van der Waals surface area contributed by atoms with Crippen molar-refractivity contribution < 1.29 is 9.90 Å². The van der Waals surface area contributed by atoms with E-state index in [0.29, 0.717) is 10.7 Å². The van der Waals surface area contributed by atoms with Gasteiger partial charge in [0, 0.05) is 26.7 Å². The molecule has 5 nitrogen and oxygen atoms in total. The van der Waals surface area contributed by atoms with Gasteiger partial charge in [0.1, 0.15) is 0 Å². The summed E-state index contributed by atoms with van der Waals surface area (Å²) in [6, 6.07) is 7.12. The summed E-state index contributed by atoms with van der Waals surface area (Å²) in [5.41, 5.74) is 2.47. The number of anilines is 1. The first kappa shape index (κ1) is 13.4. The van der Waals surface area contributed by atoms with Crippen molar-refractivity contribution in [3.05, 3.63) is 35.0 Å². The summed E-state index contributed by atoms with van der Waals surface area (Å²) < 4.78 is 1.53. The summed E-state index contributed by atoms with van der Waals surface area (Å²) in [5.74, 6) is -1.04. The Labute approximate surface area is 116 Å². The Hall–Kier alpha value is -2.01. The van der Waals surface area contributed by atoms with E-state index in [1.807, 2.05) is 31.1 Å². The molecule has 0 radical (unpaired) electrons. The summed E-state index contributed by atoms with van der Waals surface area (Å²) in [7, 11) is 5.52. The zero-order valence-corrected chi connectivity index (χ0v) is 11.6. The zero-order valence-electron chi connectivity index (χ0n) is 10.9. The van der Waals surface area contributed by atoms with Crippen LogP contribution in [0.1, 0.15) is 10.5 Å². The van der Waals surface area contributed by atoms with Gasteiger partial charge < -0.3 is 10.0 Å². The molecule has 100 valence electrons. The minimum Gasteiger partial charge on any atom is -0.476 e. The summed E-state index contributed by atoms with van der Waals surface area (Å²) in [6.45, 7) is 0. The first-order valence-electron chi connectivity index (χ1n) is 5.64. The Balaban J connectivity index is 2.48. The van der Waals surface area contributed by atoms with Crippen molar-refractivity contribution in [2.75, 3.05) is 19.0 Å². The summed E-state index contributed by atoms with van der Waals surface area (Å²) >= 11 is 6.21. The SMILES string of the molecule is CN(C)c1ccc(-c2cc(C(=O)O)nn2C)cc1Cl. The van der Waals surface area contributed by atoms with E-state index in [9.17, 15) is 4.79 Å². The van der Waals surface area contributed by atoms with Gasteiger partial charge in [-0.2, -0.15) is 5.10 Å². The van der Waals surface area contributed by atoms with E-state index in [0.717, 1.165) is 11.3 Å². The number of rotatable bonds is 3. The zero-order chi connectivity index (χ0) is 14.2. The third kappa shape index (κ3) is 2.56. The minimum absolute atomic E-state index is 0.0188. The molecule has 1 aromatic carbocycles. The number of aryl methyl sites for hydroxylation is 1. The van der Waals surface area contributed by atoms with Gasteiger partial charge in [-0.05, 0) is 18.2 Å². The maximum absolute atomic E-state index is 10.9. The standard InChI is InChI=1S/C13H14ClN3O2/c1-16(2)11-5-4-8(6-9(11)14)12-7-10(13(18)19)15-17(12)3/h4-7H,1-3H3,(H,18,19). The van der Waals surface area contributed by atoms with Crippen LogP contribution in [0.15, 0.2) is 24.3 Å². The molecule has 0 aliphatic rings. The van der Waals surface area contributed by atoms with Crippen molar-refractivity contribution >= 4 is 23.3 Å². The molecular formula is C13H14ClN3O2. The number of aromatic carboxylic acids is 1. The lowest BCUT2D eigenvalue weighted by Gasteiger charge is -2.15. The third-order valence-electron chi connectivity index (χ3n) is 2.82. The first-order chi connectivity index (χ1) is 8.90. The average molecular weight is 280 g/mol. The van der Waals surface area contributed by atoms with Crippen LogP contribution < -0.4 is 4.90 Å². The fraction of sp³-hybridized carbons (Fsp3) is 0.231. The van der Waals surface area contributed by atoms with Crippen LogP contribution in [0.4, 0.5) is 5.69 Å². The van der Waals surface area contributed by atoms with Gasteiger partial charge in [-0.25, -0.2) is 4.79 Å². The maximum atomic E-state index is 10.9. The molecule has 2 aromatic rings. The molecule has 1 heterocycles. The average Bonchev–Trinajstić information content (AvgIpc) is 2.71. The van der Waals surface area contributed by atoms with Crippen LogP contribution in [0.3, 0.4) is 0 Å². The molecule has 1 aromatic heterocycles. The number of hydrogen-bond donors (Lipinski definition) is 1. The Kier molecular flexibility index (Phi) is 3.48. The molecule has 0 unspecified atom stereocenters. The first-order valence-corrected chi connectivity index (χ1v) is 6.02. The van der Waals surface area contributed by atoms with Crippen molar-refractivity contribution in [2.45, 2.75) is 0 Å². The topological polar surface area (TPSA) is 58.4 Å². The van der Waals surface area contributed by atoms with E-state index in [4.69, 9.17) is 16.7 Å². The van der Waals surface area contributed by atoms with E-state index in [2.05, 4.69) is 5.10 Å². The van der Waals surface area contributed by atoms with Gasteiger partial charge in [0.25, 0.3) is 0 Å². The highest BCUT2D eigenvalue weighted by Gasteiger charge is 2.13. The van der Waals surface area contributed by atoms with Crippen LogP contribution in [0.25, 0.3) is 11.3 Å². The number of hydrogen-bond acceptors (Lipinski definition) is 3. The van der Waals surface area contributed by atoms with E-state index in [1.165, 1.54) is 10.7 Å². The van der Waals surface area contributed by atoms with Gasteiger partial charge in [-0.1, -0.05) is 17.7 Å². The highest BCUT2D eigenvalue weighted by molar-refractivity contribution is 6.33. The summed E-state index contributed by atoms with van der Waals surface area (Å²) in [5, 5.41) is 13.5. The highest BCUT2D eigenvalue weighted by Crippen LogP contribution is 2.30. The fourth-order valence-electron chi connectivity index (χ4n) is 1.87. The van der Waals surface area contributed by atoms with E-state index in [-0.39, 0.29) is 5.69 Å². The van der Waals surface area contributed by atoms with Gasteiger partial charge in [-0.3, -0.25) is 4.68 Å². The van der Waals surface area contributed by atoms with Gasteiger partial charge in [-0.15, -0.1) is 0 Å². The molecule has 0 saturated heterocycles. The Morgan fingerprint density at radius 3 is 2.53 bits per heavy atom. The predicted octanol–water partition coefficient (Wildman–Crippen LogP) is 2.50. The third-order valence-corrected chi connectivity index (χ3v) is 3.13. The molecule has 1 N–H and O–H groups in total. The molecule has 0 fully saturated rings. The van der Waals surface area contributed by atoms with Crippen molar-refractivity contribution in [3.8, 4) is 11.3 Å². The number of carboxylic acid groups (broad SMARTS) is 1. The van der Waals surface area contributed by atoms with Crippen LogP contribution >= 0.6 is 11.6 Å². The Morgan fingerprint density at radius 2 is 2.05 bits per heavy atom. The lowest BCUT2D eigenvalue weighted by Crippen LogP contribution is -2.09. The second-order valence-electron chi connectivity index (χ2n) is 4.40. The second kappa shape index (κ2) is 4.93. The van der Waals surface area contributed by atoms with Crippen LogP contribution in [0, 0.1) is 0 Å². The number of carbonyl (C=O) groups is 1. The molecule has 0 amide bonds. The number of carboxylic acids is 1. The number of halogens is 1. The normalized spacial score (nSPS) is 10.5. The van der Waals surface area contributed by atoms with Gasteiger partial charge in [0.05, 0.1) is 16.4 Å². The molecular weight excluding hydrogens is 266 g/mol. The molecule has 0 saturated carbocycles. The highest BCUT2D eigenvalue weighted by atomic mass is 35.5. The quantitative estimate of drug-likeness (QED) is 0.938. The Bertz CT molecular complexity index is 635. The summed E-state index contributed by atoms with van der Waals surface area (Å²) in [4.78, 5) is 12.8. The molecule has 2 rings (SSSR count). The van der Waals surface area contributed by atoms with E-state index >= 15 is 0 Å². The monoisotopic (exact) mass is 279 g/mol. The van der Waals surface area contributed by atoms with Crippen LogP contribution in [0.5, 0.6) is 0 Å². The van der Waals surface area contributed by atoms with Crippen LogP contribution in [-0.4, -0.2) is 35.0 Å². The number of benzene rings is 1. The van der Waals surface area contributed by atoms with E-state index in [1.54, 1.807) is 13.1 Å². The summed E-state index contributed by atoms with van der Waals surface area (Å²) in [6.07, 6.45) is 0. The van der Waals surface area contributed by atoms with Gasteiger partial charge in [0.15, 0.2) is 5.69 Å². The minimum atomic E-state index is -1.04. The van der Waals surface area contributed by atoms with Crippen molar-refractivity contribution in [1.82, 2.24) is 9.78 Å². The Morgan fingerprint density at radius 1 is 1.37 bits per heavy atom. The number of aromatic nitrogens is 2. The fourth-order valence-corrected chi connectivity index (χ4v) is 2.22. The molecule has 0 aliphatic heterocycles. The van der Waals surface area contributed by atoms with Gasteiger partial charge in [0.2, 0.25) is 0 Å². The smallest absolute Gasteiger partial charge is 0.356 e. The molecule has 19 heavy (non-hydrogen) atoms. The van der Waals surface area contributed by atoms with E-state index < -0.39 is 5.97 Å².